The smallest absolute Gasteiger partial charge is 0.252 e. The summed E-state index contributed by atoms with van der Waals surface area (Å²) in [7, 11) is 1.80. The van der Waals surface area contributed by atoms with Crippen LogP contribution in [0.15, 0.2) is 59.9 Å². The van der Waals surface area contributed by atoms with Crippen LogP contribution in [0.25, 0.3) is 0 Å². The van der Waals surface area contributed by atoms with Crippen LogP contribution in [-0.4, -0.2) is 73.0 Å². The van der Waals surface area contributed by atoms with Gasteiger partial charge in [-0.2, -0.15) is 0 Å². The Labute approximate surface area is 189 Å². The molecular weight excluding hydrogens is 479 g/mol. The molecule has 0 radical (unpaired) electrons. The molecule has 0 atom stereocenters. The number of aromatic nitrogens is 1. The molecule has 0 aliphatic carbocycles. The lowest BCUT2D eigenvalue weighted by Gasteiger charge is -2.36. The highest BCUT2D eigenvalue weighted by Crippen LogP contribution is 2.08. The fourth-order valence-corrected chi connectivity index (χ4v) is 3.24. The highest BCUT2D eigenvalue weighted by molar-refractivity contribution is 14.0. The van der Waals surface area contributed by atoms with E-state index in [0.29, 0.717) is 18.7 Å². The number of halogens is 1. The quantitative estimate of drug-likeness (QED) is 0.270. The maximum Gasteiger partial charge on any atom is 0.252 e. The molecule has 2 N–H and O–H groups in total. The largest absolute Gasteiger partial charge is 0.354 e. The molecule has 1 saturated heterocycles. The van der Waals surface area contributed by atoms with Crippen LogP contribution in [0.3, 0.4) is 0 Å². The molecular formula is C21H29IN6O. The normalized spacial score (nSPS) is 14.8. The number of aliphatic imine (C=N–C) groups is 1. The van der Waals surface area contributed by atoms with E-state index in [0.717, 1.165) is 38.7 Å². The van der Waals surface area contributed by atoms with Gasteiger partial charge >= 0.3 is 0 Å². The summed E-state index contributed by atoms with van der Waals surface area (Å²) >= 11 is 0. The Morgan fingerprint density at radius 1 is 1.03 bits per heavy atom. The van der Waals surface area contributed by atoms with Crippen LogP contribution in [0.4, 0.5) is 0 Å². The Kier molecular flexibility index (Phi) is 9.85. The molecule has 2 aromatic rings. The zero-order chi connectivity index (χ0) is 19.6. The van der Waals surface area contributed by atoms with Crippen LogP contribution < -0.4 is 10.6 Å². The van der Waals surface area contributed by atoms with E-state index in [-0.39, 0.29) is 29.9 Å². The third-order valence-electron chi connectivity index (χ3n) is 4.75. The maximum atomic E-state index is 12.0. The number of piperazine rings is 1. The Hall–Kier alpha value is -2.20. The average Bonchev–Trinajstić information content (AvgIpc) is 2.76. The minimum Gasteiger partial charge on any atom is -0.354 e. The number of carbonyl (C=O) groups excluding carboxylic acids is 1. The molecule has 156 valence electrons. The second-order valence-corrected chi connectivity index (χ2v) is 6.72. The number of guanidine groups is 1. The molecule has 3 rings (SSSR count). The van der Waals surface area contributed by atoms with Crippen LogP contribution in [0, 0.1) is 0 Å². The van der Waals surface area contributed by atoms with Gasteiger partial charge in [-0.3, -0.25) is 19.7 Å². The Balaban J connectivity index is 0.00000300. The molecule has 1 aromatic heterocycles. The summed E-state index contributed by atoms with van der Waals surface area (Å²) < 4.78 is 0. The molecule has 0 spiro atoms. The first-order valence-electron chi connectivity index (χ1n) is 9.66. The first-order valence-corrected chi connectivity index (χ1v) is 9.66. The van der Waals surface area contributed by atoms with Crippen molar-refractivity contribution < 1.29 is 4.79 Å². The van der Waals surface area contributed by atoms with Gasteiger partial charge in [0.1, 0.15) is 0 Å². The van der Waals surface area contributed by atoms with Crippen LogP contribution in [0.2, 0.25) is 0 Å². The lowest BCUT2D eigenvalue weighted by atomic mass is 10.2. The van der Waals surface area contributed by atoms with Crippen LogP contribution in [-0.2, 0) is 6.54 Å². The van der Waals surface area contributed by atoms with Crippen molar-refractivity contribution >= 4 is 35.8 Å². The topological polar surface area (TPSA) is 72.9 Å². The van der Waals surface area contributed by atoms with Crippen molar-refractivity contribution in [2.45, 2.75) is 6.54 Å². The van der Waals surface area contributed by atoms with Crippen molar-refractivity contribution in [3.63, 3.8) is 0 Å². The predicted octanol–water partition coefficient (Wildman–Crippen LogP) is 1.82. The second-order valence-electron chi connectivity index (χ2n) is 6.72. The monoisotopic (exact) mass is 508 g/mol. The Morgan fingerprint density at radius 3 is 2.41 bits per heavy atom. The van der Waals surface area contributed by atoms with Crippen molar-refractivity contribution in [3.8, 4) is 0 Å². The molecule has 2 heterocycles. The Bertz CT molecular complexity index is 763. The molecule has 8 heteroatoms. The Morgan fingerprint density at radius 2 is 1.76 bits per heavy atom. The summed E-state index contributed by atoms with van der Waals surface area (Å²) in [5, 5.41) is 6.23. The van der Waals surface area contributed by atoms with Gasteiger partial charge in [0.25, 0.3) is 5.91 Å². The molecule has 29 heavy (non-hydrogen) atoms. The van der Waals surface area contributed by atoms with Crippen LogP contribution >= 0.6 is 24.0 Å². The van der Waals surface area contributed by atoms with Crippen molar-refractivity contribution in [2.24, 2.45) is 4.99 Å². The van der Waals surface area contributed by atoms with Gasteiger partial charge < -0.3 is 15.5 Å². The molecule has 1 fully saturated rings. The van der Waals surface area contributed by atoms with E-state index in [1.807, 2.05) is 0 Å². The summed E-state index contributed by atoms with van der Waals surface area (Å²) in [5.74, 6) is 0.773. The zero-order valence-corrected chi connectivity index (χ0v) is 19.1. The van der Waals surface area contributed by atoms with Crippen molar-refractivity contribution in [1.29, 1.82) is 0 Å². The first-order chi connectivity index (χ1) is 13.8. The number of benzene rings is 1. The molecule has 7 nitrogen and oxygen atoms in total. The van der Waals surface area contributed by atoms with Gasteiger partial charge in [0.2, 0.25) is 0 Å². The lowest BCUT2D eigenvalue weighted by molar-refractivity contribution is 0.0954. The minimum atomic E-state index is -0.112. The van der Waals surface area contributed by atoms with E-state index in [4.69, 9.17) is 0 Å². The number of pyridine rings is 1. The number of hydrogen-bond acceptors (Lipinski definition) is 4. The third-order valence-corrected chi connectivity index (χ3v) is 4.75. The molecule has 0 bridgehead atoms. The minimum absolute atomic E-state index is 0. The average molecular weight is 508 g/mol. The number of amides is 1. The molecule has 1 aromatic carbocycles. The summed E-state index contributed by atoms with van der Waals surface area (Å²) in [6, 6.07) is 14.1. The third kappa shape index (κ3) is 7.28. The van der Waals surface area contributed by atoms with Gasteiger partial charge in [0.15, 0.2) is 5.96 Å². The number of rotatable bonds is 6. The molecule has 1 amide bonds. The molecule has 1 aliphatic rings. The molecule has 0 saturated carbocycles. The summed E-state index contributed by atoms with van der Waals surface area (Å²) in [5.41, 5.74) is 1.92. The van der Waals surface area contributed by atoms with Crippen molar-refractivity contribution in [3.05, 3.63) is 66.0 Å². The second kappa shape index (κ2) is 12.4. The summed E-state index contributed by atoms with van der Waals surface area (Å²) in [6.45, 7) is 6.04. The van der Waals surface area contributed by atoms with Crippen LogP contribution in [0.1, 0.15) is 15.9 Å². The molecule has 1 aliphatic heterocycles. The number of hydrogen-bond donors (Lipinski definition) is 2. The van der Waals surface area contributed by atoms with Gasteiger partial charge in [-0.05, 0) is 17.7 Å². The van der Waals surface area contributed by atoms with Gasteiger partial charge in [0.05, 0.1) is 5.56 Å². The van der Waals surface area contributed by atoms with Gasteiger partial charge in [0, 0.05) is 65.3 Å². The fraction of sp³-hybridized carbons (Fsp3) is 0.381. The number of nitrogens with zero attached hydrogens (tertiary/aromatic N) is 4. The van der Waals surface area contributed by atoms with E-state index in [9.17, 15) is 4.79 Å². The van der Waals surface area contributed by atoms with Gasteiger partial charge in [-0.1, -0.05) is 30.3 Å². The van der Waals surface area contributed by atoms with E-state index >= 15 is 0 Å². The fourth-order valence-electron chi connectivity index (χ4n) is 3.24. The summed E-state index contributed by atoms with van der Waals surface area (Å²) in [6.07, 6.45) is 3.22. The van der Waals surface area contributed by atoms with Gasteiger partial charge in [-0.15, -0.1) is 24.0 Å². The number of nitrogens with one attached hydrogen (secondary N) is 2. The highest BCUT2D eigenvalue weighted by Gasteiger charge is 2.19. The van der Waals surface area contributed by atoms with E-state index in [1.165, 1.54) is 5.56 Å². The first kappa shape index (κ1) is 23.1. The van der Waals surface area contributed by atoms with E-state index in [2.05, 4.69) is 60.7 Å². The van der Waals surface area contributed by atoms with Gasteiger partial charge in [-0.25, -0.2) is 0 Å². The number of carbonyl (C=O) groups is 1. The standard InChI is InChI=1S/C21H28N6O.HI/c1-22-21(25-11-10-24-20(28)19-8-5-9-23-16-19)27-14-12-26(13-15-27)17-18-6-3-2-4-7-18;/h2-9,16H,10-15,17H2,1H3,(H,22,25)(H,24,28);1H. The predicted molar refractivity (Wildman–Crippen MR) is 127 cm³/mol. The van der Waals surface area contributed by atoms with Crippen LogP contribution in [0.5, 0.6) is 0 Å². The van der Waals surface area contributed by atoms with Crippen molar-refractivity contribution in [1.82, 2.24) is 25.4 Å². The van der Waals surface area contributed by atoms with E-state index < -0.39 is 0 Å². The summed E-state index contributed by atoms with van der Waals surface area (Å²) in [4.78, 5) is 25.1. The molecule has 0 unspecified atom stereocenters. The SMILES string of the molecule is CN=C(NCCNC(=O)c1cccnc1)N1CCN(Cc2ccccc2)CC1.I. The van der Waals surface area contributed by atoms with E-state index in [1.54, 1.807) is 31.6 Å². The lowest BCUT2D eigenvalue weighted by Crippen LogP contribution is -2.52. The zero-order valence-electron chi connectivity index (χ0n) is 16.8. The maximum absolute atomic E-state index is 12.0. The van der Waals surface area contributed by atoms with Crippen molar-refractivity contribution in [2.75, 3.05) is 46.3 Å². The highest BCUT2D eigenvalue weighted by atomic mass is 127.